The Hall–Kier alpha value is -1.88. The monoisotopic (exact) mass is 504 g/mol. The number of rotatable bonds is 3. The summed E-state index contributed by atoms with van der Waals surface area (Å²) in [6.45, 7) is 6.25. The Bertz CT molecular complexity index is 627. The van der Waals surface area contributed by atoms with Crippen LogP contribution in [0.15, 0.2) is 91.0 Å². The Kier molecular flexibility index (Phi) is 19.3. The number of aromatic hydroxyl groups is 3. The van der Waals surface area contributed by atoms with Crippen LogP contribution in [0.1, 0.15) is 20.8 Å². The second-order valence-electron chi connectivity index (χ2n) is 6.29. The molecule has 0 fully saturated rings. The maximum absolute atomic E-state index is 9.58. The third kappa shape index (κ3) is 17.0. The van der Waals surface area contributed by atoms with E-state index in [-0.39, 0.29) is 26.2 Å². The van der Waals surface area contributed by atoms with Gasteiger partial charge in [0, 0.05) is 26.2 Å². The Balaban J connectivity index is 0. The molecule has 3 aromatic rings. The zero-order chi connectivity index (χ0) is 22.0. The molecule has 4 nitrogen and oxygen atoms in total. The summed E-state index contributed by atoms with van der Waals surface area (Å²) in [6.07, 6.45) is 0. The van der Waals surface area contributed by atoms with Crippen molar-refractivity contribution in [3.05, 3.63) is 91.0 Å². The molecule has 162 valence electrons. The van der Waals surface area contributed by atoms with Crippen molar-refractivity contribution in [3.8, 4) is 17.2 Å². The third-order valence-electron chi connectivity index (χ3n) is 4.24. The number of benzene rings is 3. The van der Waals surface area contributed by atoms with Crippen molar-refractivity contribution in [1.29, 1.82) is 0 Å². The molecule has 4 N–H and O–H groups in total. The van der Waals surface area contributed by atoms with Crippen LogP contribution in [0.2, 0.25) is 18.1 Å². The first-order valence-electron chi connectivity index (χ1n) is 9.81. The average molecular weight is 506 g/mol. The van der Waals surface area contributed by atoms with Gasteiger partial charge in [0.1, 0.15) is 17.2 Å². The van der Waals surface area contributed by atoms with E-state index in [4.69, 9.17) is 15.3 Å². The Labute approximate surface area is 201 Å². The van der Waals surface area contributed by atoms with Gasteiger partial charge in [-0.1, -0.05) is 75.4 Å². The molecular weight excluding hydrogens is 472 g/mol. The van der Waals surface area contributed by atoms with Gasteiger partial charge in [-0.2, -0.15) is 0 Å². The molecule has 0 aliphatic rings. The Morgan fingerprint density at radius 1 is 0.500 bits per heavy atom. The van der Waals surface area contributed by atoms with E-state index in [1.54, 1.807) is 72.8 Å². The third-order valence-corrected chi connectivity index (χ3v) is 8.19. The van der Waals surface area contributed by atoms with Crippen molar-refractivity contribution < 1.29 is 46.3 Å². The topological polar surface area (TPSA) is 80.9 Å². The van der Waals surface area contributed by atoms with Gasteiger partial charge in [0.25, 0.3) is 0 Å². The summed E-state index contributed by atoms with van der Waals surface area (Å²) < 4.78 is 0. The van der Waals surface area contributed by atoms with E-state index in [0.717, 1.165) is 18.1 Å². The van der Waals surface area contributed by atoms with Gasteiger partial charge in [-0.25, -0.2) is 0 Å². The van der Waals surface area contributed by atoms with Crippen LogP contribution < -0.4 is 0 Å². The molecule has 30 heavy (non-hydrogen) atoms. The molecule has 0 radical (unpaired) electrons. The molecule has 0 atom stereocenters. The van der Waals surface area contributed by atoms with Gasteiger partial charge in [-0.3, -0.25) is 0 Å². The molecule has 0 aliphatic carbocycles. The molecule has 0 bridgehead atoms. The predicted octanol–water partition coefficient (Wildman–Crippen LogP) is 6.16. The van der Waals surface area contributed by atoms with Crippen LogP contribution in [-0.2, 0) is 26.2 Å². The molecule has 0 aliphatic heterocycles. The number of phenols is 3. The van der Waals surface area contributed by atoms with Crippen molar-refractivity contribution >= 4 is 8.32 Å². The van der Waals surface area contributed by atoms with Crippen LogP contribution in [0.25, 0.3) is 0 Å². The summed E-state index contributed by atoms with van der Waals surface area (Å²) in [5.41, 5.74) is 0. The van der Waals surface area contributed by atoms with Crippen LogP contribution in [0, 0.1) is 0 Å². The van der Waals surface area contributed by atoms with E-state index in [0.29, 0.717) is 17.2 Å². The molecule has 0 saturated heterocycles. The zero-order valence-corrected chi connectivity index (χ0v) is 21.5. The fourth-order valence-corrected chi connectivity index (χ4v) is 3.53. The molecule has 0 heterocycles. The van der Waals surface area contributed by atoms with Gasteiger partial charge in [0.15, 0.2) is 8.32 Å². The van der Waals surface area contributed by atoms with Crippen LogP contribution in [0.5, 0.6) is 17.2 Å². The first-order chi connectivity index (χ1) is 13.9. The van der Waals surface area contributed by atoms with Crippen LogP contribution in [0.3, 0.4) is 0 Å². The largest absolute Gasteiger partial charge is 0.508 e. The zero-order valence-electron chi connectivity index (χ0n) is 18.1. The van der Waals surface area contributed by atoms with Crippen molar-refractivity contribution in [2.24, 2.45) is 0 Å². The van der Waals surface area contributed by atoms with Gasteiger partial charge in [0.05, 0.1) is 0 Å². The summed E-state index contributed by atoms with van der Waals surface area (Å²) in [5.74, 6) is 0.965. The molecule has 0 amide bonds. The minimum atomic E-state index is -1.67. The first kappa shape index (κ1) is 30.3. The fraction of sp³-hybridized carbons (Fsp3) is 0.250. The van der Waals surface area contributed by atoms with E-state index in [1.807, 2.05) is 18.2 Å². The summed E-state index contributed by atoms with van der Waals surface area (Å²) in [7, 11) is -1.67. The predicted molar refractivity (Wildman–Crippen MR) is 124 cm³/mol. The SMILES string of the molecule is CC[Si](O)(CC)CC.Oc1ccccc1.Oc1ccccc1.Oc1ccccc1.[Zr]. The van der Waals surface area contributed by atoms with Gasteiger partial charge in [-0.05, 0) is 54.5 Å². The summed E-state index contributed by atoms with van der Waals surface area (Å²) >= 11 is 0. The number of para-hydroxylation sites is 3. The van der Waals surface area contributed by atoms with E-state index >= 15 is 0 Å². The van der Waals surface area contributed by atoms with Crippen molar-refractivity contribution in [1.82, 2.24) is 0 Å². The van der Waals surface area contributed by atoms with Crippen LogP contribution in [-0.4, -0.2) is 28.4 Å². The molecule has 6 heteroatoms. The minimum absolute atomic E-state index is 0. The van der Waals surface area contributed by atoms with Crippen molar-refractivity contribution in [3.63, 3.8) is 0 Å². The Morgan fingerprint density at radius 3 is 0.767 bits per heavy atom. The smallest absolute Gasteiger partial charge is 0.187 e. The van der Waals surface area contributed by atoms with Crippen LogP contribution >= 0.6 is 0 Å². The van der Waals surface area contributed by atoms with Gasteiger partial charge in [-0.15, -0.1) is 0 Å². The van der Waals surface area contributed by atoms with Gasteiger partial charge in [0.2, 0.25) is 0 Å². The van der Waals surface area contributed by atoms with Crippen LogP contribution in [0.4, 0.5) is 0 Å². The maximum atomic E-state index is 9.58. The standard InChI is InChI=1S/C6H16OSi.3C6H6O.Zr/c1-4-8(7,5-2)6-3;3*7-6-4-2-1-3-5-6;/h7H,4-6H2,1-3H3;3*1-5,7H;. The quantitative estimate of drug-likeness (QED) is 0.321. The molecule has 3 rings (SSSR count). The second-order valence-corrected chi connectivity index (χ2v) is 10.9. The second kappa shape index (κ2) is 19.1. The van der Waals surface area contributed by atoms with Gasteiger partial charge >= 0.3 is 0 Å². The average Bonchev–Trinajstić information content (AvgIpc) is 2.76. The fourth-order valence-electron chi connectivity index (χ4n) is 2.03. The van der Waals surface area contributed by atoms with Gasteiger partial charge < -0.3 is 20.1 Å². The van der Waals surface area contributed by atoms with E-state index in [1.165, 1.54) is 0 Å². The molecule has 0 unspecified atom stereocenters. The Morgan fingerprint density at radius 2 is 0.700 bits per heavy atom. The van der Waals surface area contributed by atoms with E-state index in [2.05, 4.69) is 20.8 Å². The number of hydrogen-bond donors (Lipinski definition) is 4. The van der Waals surface area contributed by atoms with E-state index < -0.39 is 8.32 Å². The first-order valence-corrected chi connectivity index (χ1v) is 12.4. The molecule has 3 aromatic carbocycles. The molecular formula is C24H34O4SiZr. The van der Waals surface area contributed by atoms with Crippen molar-refractivity contribution in [2.45, 2.75) is 38.9 Å². The molecule has 0 saturated carbocycles. The van der Waals surface area contributed by atoms with E-state index in [9.17, 15) is 4.80 Å². The normalized spacial score (nSPS) is 9.20. The maximum Gasteiger partial charge on any atom is 0.187 e. The summed E-state index contributed by atoms with van der Waals surface area (Å²) in [4.78, 5) is 9.58. The number of phenolic OH excluding ortho intramolecular Hbond substituents is 3. The summed E-state index contributed by atoms with van der Waals surface area (Å²) in [5, 5.41) is 25.9. The van der Waals surface area contributed by atoms with Crippen molar-refractivity contribution in [2.75, 3.05) is 0 Å². The molecule has 0 aromatic heterocycles. The molecule has 0 spiro atoms. The minimum Gasteiger partial charge on any atom is -0.508 e. The summed E-state index contributed by atoms with van der Waals surface area (Å²) in [6, 6.07) is 29.2. The number of hydrogen-bond acceptors (Lipinski definition) is 4.